The van der Waals surface area contributed by atoms with Gasteiger partial charge < -0.3 is 5.73 Å². The minimum atomic E-state index is -3.80. The molecular formula is C13H11Cl3N2O2S. The highest BCUT2D eigenvalue weighted by Crippen LogP contribution is 2.32. The van der Waals surface area contributed by atoms with E-state index < -0.39 is 10.0 Å². The third-order valence-electron chi connectivity index (χ3n) is 2.87. The lowest BCUT2D eigenvalue weighted by Gasteiger charge is -2.21. The van der Waals surface area contributed by atoms with Gasteiger partial charge >= 0.3 is 0 Å². The van der Waals surface area contributed by atoms with Crippen molar-refractivity contribution in [2.45, 2.75) is 4.90 Å². The molecule has 0 saturated carbocycles. The number of halogens is 3. The van der Waals surface area contributed by atoms with Gasteiger partial charge in [0.1, 0.15) is 0 Å². The van der Waals surface area contributed by atoms with Gasteiger partial charge in [-0.3, -0.25) is 4.31 Å². The Morgan fingerprint density at radius 1 is 1.00 bits per heavy atom. The molecule has 2 aromatic carbocycles. The van der Waals surface area contributed by atoms with Crippen LogP contribution in [0.25, 0.3) is 0 Å². The molecule has 0 aliphatic carbocycles. The Morgan fingerprint density at radius 3 is 2.24 bits per heavy atom. The number of rotatable bonds is 3. The number of nitrogens with two attached hydrogens (primary N) is 1. The summed E-state index contributed by atoms with van der Waals surface area (Å²) in [4.78, 5) is 0.0258. The Bertz CT molecular complexity index is 794. The van der Waals surface area contributed by atoms with Crippen LogP contribution >= 0.6 is 34.8 Å². The summed E-state index contributed by atoms with van der Waals surface area (Å²) < 4.78 is 26.2. The highest BCUT2D eigenvalue weighted by atomic mass is 35.5. The highest BCUT2D eigenvalue weighted by Gasteiger charge is 2.23. The van der Waals surface area contributed by atoms with E-state index in [2.05, 4.69) is 0 Å². The van der Waals surface area contributed by atoms with Crippen molar-refractivity contribution in [1.82, 2.24) is 0 Å². The molecule has 0 unspecified atom stereocenters. The van der Waals surface area contributed by atoms with Crippen molar-refractivity contribution >= 4 is 56.2 Å². The summed E-state index contributed by atoms with van der Waals surface area (Å²) in [6.45, 7) is 0. The molecule has 0 atom stereocenters. The van der Waals surface area contributed by atoms with E-state index in [-0.39, 0.29) is 15.6 Å². The minimum Gasteiger partial charge on any atom is -0.397 e. The van der Waals surface area contributed by atoms with Gasteiger partial charge in [-0.15, -0.1) is 0 Å². The zero-order chi connectivity index (χ0) is 15.8. The molecule has 0 fully saturated rings. The summed E-state index contributed by atoms with van der Waals surface area (Å²) in [5, 5.41) is 0.946. The van der Waals surface area contributed by atoms with Crippen molar-refractivity contribution in [3.05, 3.63) is 51.5 Å². The Hall–Kier alpha value is -1.14. The molecule has 8 heteroatoms. The van der Waals surface area contributed by atoms with Crippen LogP contribution < -0.4 is 10.0 Å². The number of nitrogens with zero attached hydrogens (tertiary/aromatic N) is 1. The fraction of sp³-hybridized carbons (Fsp3) is 0.0769. The van der Waals surface area contributed by atoms with E-state index in [1.807, 2.05) is 0 Å². The predicted octanol–water partition coefficient (Wildman–Crippen LogP) is 4.05. The molecule has 2 aromatic rings. The molecule has 0 radical (unpaired) electrons. The molecule has 0 heterocycles. The van der Waals surface area contributed by atoms with Gasteiger partial charge in [0.15, 0.2) is 0 Å². The van der Waals surface area contributed by atoms with Gasteiger partial charge in [0, 0.05) is 12.1 Å². The van der Waals surface area contributed by atoms with Crippen LogP contribution in [0.3, 0.4) is 0 Å². The Balaban J connectivity index is 2.49. The first-order valence-corrected chi connectivity index (χ1v) is 8.30. The lowest BCUT2D eigenvalue weighted by Crippen LogP contribution is -2.26. The molecule has 0 aliphatic heterocycles. The van der Waals surface area contributed by atoms with Gasteiger partial charge in [-0.2, -0.15) is 0 Å². The van der Waals surface area contributed by atoms with Crippen LogP contribution in [0, 0.1) is 0 Å². The van der Waals surface area contributed by atoms with Gasteiger partial charge in [0.2, 0.25) is 0 Å². The van der Waals surface area contributed by atoms with Crippen molar-refractivity contribution in [2.75, 3.05) is 17.1 Å². The van der Waals surface area contributed by atoms with E-state index in [0.29, 0.717) is 15.7 Å². The summed E-state index contributed by atoms with van der Waals surface area (Å²) in [5.74, 6) is 0. The quantitative estimate of drug-likeness (QED) is 0.834. The van der Waals surface area contributed by atoms with Crippen LogP contribution in [0.15, 0.2) is 41.3 Å². The van der Waals surface area contributed by atoms with E-state index in [1.54, 1.807) is 6.07 Å². The van der Waals surface area contributed by atoms with Crippen molar-refractivity contribution in [3.8, 4) is 0 Å². The first-order valence-electron chi connectivity index (χ1n) is 5.72. The summed E-state index contributed by atoms with van der Waals surface area (Å²) in [6, 6.07) is 8.68. The lowest BCUT2D eigenvalue weighted by atomic mass is 10.3. The van der Waals surface area contributed by atoms with Crippen molar-refractivity contribution < 1.29 is 8.42 Å². The topological polar surface area (TPSA) is 63.4 Å². The number of nitrogen functional groups attached to an aromatic ring is 1. The van der Waals surface area contributed by atoms with Crippen LogP contribution in [-0.2, 0) is 10.0 Å². The molecule has 0 aliphatic rings. The van der Waals surface area contributed by atoms with Crippen LogP contribution in [0.5, 0.6) is 0 Å². The molecule has 0 saturated heterocycles. The maximum atomic E-state index is 12.6. The molecule has 2 rings (SSSR count). The molecule has 0 aromatic heterocycles. The number of sulfonamides is 1. The zero-order valence-electron chi connectivity index (χ0n) is 10.8. The van der Waals surface area contributed by atoms with Gasteiger partial charge in [-0.25, -0.2) is 8.42 Å². The maximum Gasteiger partial charge on any atom is 0.264 e. The Morgan fingerprint density at radius 2 is 1.67 bits per heavy atom. The van der Waals surface area contributed by atoms with E-state index >= 15 is 0 Å². The molecule has 0 bridgehead atoms. The number of anilines is 2. The third kappa shape index (κ3) is 3.21. The van der Waals surface area contributed by atoms with Crippen molar-refractivity contribution in [1.29, 1.82) is 0 Å². The zero-order valence-corrected chi connectivity index (χ0v) is 13.9. The third-order valence-corrected chi connectivity index (χ3v) is 5.52. The standard InChI is InChI=1S/C13H11Cl3N2O2S/c1-18(13-5-2-8(14)6-11(13)16)21(19,20)9-3-4-10(15)12(17)7-9/h2-7H,17H2,1H3. The molecule has 21 heavy (non-hydrogen) atoms. The Kier molecular flexibility index (Phi) is 4.58. The van der Waals surface area contributed by atoms with Crippen LogP contribution in [0.2, 0.25) is 15.1 Å². The van der Waals surface area contributed by atoms with Crippen LogP contribution in [0.1, 0.15) is 0 Å². The average Bonchev–Trinajstić information content (AvgIpc) is 2.41. The Labute approximate surface area is 138 Å². The van der Waals surface area contributed by atoms with Gasteiger partial charge in [-0.05, 0) is 36.4 Å². The molecule has 2 N–H and O–H groups in total. The molecule has 4 nitrogen and oxygen atoms in total. The summed E-state index contributed by atoms with van der Waals surface area (Å²) in [7, 11) is -2.40. The van der Waals surface area contributed by atoms with Crippen LogP contribution in [-0.4, -0.2) is 15.5 Å². The second-order valence-electron chi connectivity index (χ2n) is 4.25. The van der Waals surface area contributed by atoms with Gasteiger partial charge in [0.25, 0.3) is 10.0 Å². The van der Waals surface area contributed by atoms with Crippen LogP contribution in [0.4, 0.5) is 11.4 Å². The number of benzene rings is 2. The highest BCUT2D eigenvalue weighted by molar-refractivity contribution is 7.92. The summed E-state index contributed by atoms with van der Waals surface area (Å²) in [6.07, 6.45) is 0. The number of hydrogen-bond donors (Lipinski definition) is 1. The monoisotopic (exact) mass is 364 g/mol. The summed E-state index contributed by atoms with van der Waals surface area (Å²) >= 11 is 17.6. The molecule has 112 valence electrons. The minimum absolute atomic E-state index is 0.0258. The van der Waals surface area contributed by atoms with E-state index in [1.165, 1.54) is 37.4 Å². The van der Waals surface area contributed by atoms with E-state index in [4.69, 9.17) is 40.5 Å². The van der Waals surface area contributed by atoms with E-state index in [0.717, 1.165) is 4.31 Å². The second-order valence-corrected chi connectivity index (χ2v) is 7.47. The lowest BCUT2D eigenvalue weighted by molar-refractivity contribution is 0.594. The van der Waals surface area contributed by atoms with Crippen molar-refractivity contribution in [3.63, 3.8) is 0 Å². The second kappa shape index (κ2) is 5.93. The first kappa shape index (κ1) is 16.2. The summed E-state index contributed by atoms with van der Waals surface area (Å²) in [5.41, 5.74) is 6.15. The largest absolute Gasteiger partial charge is 0.397 e. The average molecular weight is 366 g/mol. The fourth-order valence-corrected chi connectivity index (χ4v) is 3.66. The normalized spacial score (nSPS) is 11.4. The SMILES string of the molecule is CN(c1ccc(Cl)cc1Cl)S(=O)(=O)c1ccc(Cl)c(N)c1. The first-order chi connectivity index (χ1) is 9.73. The number of hydrogen-bond acceptors (Lipinski definition) is 3. The van der Waals surface area contributed by atoms with Gasteiger partial charge in [0.05, 0.1) is 26.3 Å². The predicted molar refractivity (Wildman–Crippen MR) is 87.9 cm³/mol. The van der Waals surface area contributed by atoms with Crippen molar-refractivity contribution in [2.24, 2.45) is 0 Å². The van der Waals surface area contributed by atoms with Gasteiger partial charge in [-0.1, -0.05) is 34.8 Å². The maximum absolute atomic E-state index is 12.6. The smallest absolute Gasteiger partial charge is 0.264 e. The fourth-order valence-electron chi connectivity index (χ4n) is 1.71. The molecular weight excluding hydrogens is 355 g/mol. The molecule has 0 amide bonds. The van der Waals surface area contributed by atoms with E-state index in [9.17, 15) is 8.42 Å². The molecule has 0 spiro atoms.